The van der Waals surface area contributed by atoms with Crippen molar-refractivity contribution in [3.8, 4) is 5.75 Å². The highest BCUT2D eigenvalue weighted by molar-refractivity contribution is 5.96. The van der Waals surface area contributed by atoms with E-state index in [2.05, 4.69) is 9.80 Å². The van der Waals surface area contributed by atoms with Crippen LogP contribution in [0.15, 0.2) is 48.5 Å². The molecule has 1 aliphatic rings. The average Bonchev–Trinajstić information content (AvgIpc) is 2.67. The third kappa shape index (κ3) is 4.96. The zero-order chi connectivity index (χ0) is 17.6. The molecule has 2 aromatic rings. The monoisotopic (exact) mass is 378 g/mol. The highest BCUT2D eigenvalue weighted by Crippen LogP contribution is 2.20. The Hall–Kier alpha value is -2.11. The van der Waals surface area contributed by atoms with Crippen molar-refractivity contribution in [2.24, 2.45) is 0 Å². The molecule has 3 rings (SSSR count). The number of methoxy groups -OCH3 is 1. The van der Waals surface area contributed by atoms with Gasteiger partial charge in [-0.1, -0.05) is 12.1 Å². The molecule has 0 saturated carbocycles. The molecule has 0 bridgehead atoms. The van der Waals surface area contributed by atoms with Crippen molar-refractivity contribution < 1.29 is 13.9 Å². The second kappa shape index (κ2) is 9.55. The van der Waals surface area contributed by atoms with E-state index >= 15 is 0 Å². The molecule has 1 aliphatic heterocycles. The van der Waals surface area contributed by atoms with Crippen LogP contribution < -0.4 is 9.64 Å². The number of para-hydroxylation sites is 1. The zero-order valence-electron chi connectivity index (χ0n) is 14.9. The van der Waals surface area contributed by atoms with E-state index in [0.717, 1.165) is 38.5 Å². The molecule has 0 spiro atoms. The third-order valence-corrected chi connectivity index (χ3v) is 4.63. The van der Waals surface area contributed by atoms with Crippen molar-refractivity contribution in [3.63, 3.8) is 0 Å². The summed E-state index contributed by atoms with van der Waals surface area (Å²) < 4.78 is 19.0. The number of benzene rings is 2. The third-order valence-electron chi connectivity index (χ3n) is 4.63. The predicted octanol–water partition coefficient (Wildman–Crippen LogP) is 3.65. The molecule has 140 valence electrons. The highest BCUT2D eigenvalue weighted by Gasteiger charge is 2.19. The maximum absolute atomic E-state index is 13.9. The summed E-state index contributed by atoms with van der Waals surface area (Å²) in [5, 5.41) is 0. The van der Waals surface area contributed by atoms with E-state index in [-0.39, 0.29) is 24.0 Å². The van der Waals surface area contributed by atoms with Gasteiger partial charge in [-0.25, -0.2) is 4.39 Å². The maximum Gasteiger partial charge on any atom is 0.164 e. The number of piperazine rings is 1. The molecule has 26 heavy (non-hydrogen) atoms. The summed E-state index contributed by atoms with van der Waals surface area (Å²) >= 11 is 0. The number of hydrogen-bond acceptors (Lipinski definition) is 4. The summed E-state index contributed by atoms with van der Waals surface area (Å²) in [4.78, 5) is 16.6. The molecule has 2 aromatic carbocycles. The van der Waals surface area contributed by atoms with Gasteiger partial charge in [0.05, 0.1) is 12.8 Å². The fourth-order valence-electron chi connectivity index (χ4n) is 3.10. The number of rotatable bonds is 6. The summed E-state index contributed by atoms with van der Waals surface area (Å²) in [7, 11) is 1.61. The Bertz CT molecular complexity index is 716. The SMILES string of the molecule is COc1ccc(C(=O)CCN2CCN(c3ccccc3F)CC2)cc1.Cl. The highest BCUT2D eigenvalue weighted by atomic mass is 35.5. The molecule has 0 atom stereocenters. The number of nitrogens with zero attached hydrogens (tertiary/aromatic N) is 2. The molecule has 6 heteroatoms. The van der Waals surface area contributed by atoms with Crippen LogP contribution in [0.25, 0.3) is 0 Å². The van der Waals surface area contributed by atoms with Crippen LogP contribution in [0.3, 0.4) is 0 Å². The number of ether oxygens (including phenoxy) is 1. The molecule has 0 radical (unpaired) electrons. The van der Waals surface area contributed by atoms with Crippen LogP contribution in [0.1, 0.15) is 16.8 Å². The van der Waals surface area contributed by atoms with Crippen LogP contribution in [0.5, 0.6) is 5.75 Å². The Morgan fingerprint density at radius 3 is 2.31 bits per heavy atom. The summed E-state index contributed by atoms with van der Waals surface area (Å²) in [5.74, 6) is 0.714. The minimum atomic E-state index is -0.175. The van der Waals surface area contributed by atoms with Crippen LogP contribution in [0.2, 0.25) is 0 Å². The van der Waals surface area contributed by atoms with E-state index < -0.39 is 0 Å². The summed E-state index contributed by atoms with van der Waals surface area (Å²) in [5.41, 5.74) is 1.38. The van der Waals surface area contributed by atoms with Crippen LogP contribution in [0, 0.1) is 5.82 Å². The molecule has 0 N–H and O–H groups in total. The van der Waals surface area contributed by atoms with Crippen LogP contribution in [0.4, 0.5) is 10.1 Å². The number of anilines is 1. The molecular formula is C20H24ClFN2O2. The van der Waals surface area contributed by atoms with E-state index in [1.54, 1.807) is 37.4 Å². The van der Waals surface area contributed by atoms with Crippen LogP contribution >= 0.6 is 12.4 Å². The topological polar surface area (TPSA) is 32.8 Å². The predicted molar refractivity (Wildman–Crippen MR) is 104 cm³/mol. The molecule has 0 aromatic heterocycles. The van der Waals surface area contributed by atoms with Gasteiger partial charge < -0.3 is 9.64 Å². The largest absolute Gasteiger partial charge is 0.497 e. The van der Waals surface area contributed by atoms with E-state index in [9.17, 15) is 9.18 Å². The number of hydrogen-bond donors (Lipinski definition) is 0. The smallest absolute Gasteiger partial charge is 0.164 e. The second-order valence-corrected chi connectivity index (χ2v) is 6.18. The number of carbonyl (C=O) groups excluding carboxylic acids is 1. The van der Waals surface area contributed by atoms with Crippen molar-refractivity contribution in [3.05, 3.63) is 59.9 Å². The maximum atomic E-state index is 13.9. The van der Waals surface area contributed by atoms with Crippen LogP contribution in [-0.2, 0) is 0 Å². The van der Waals surface area contributed by atoms with Gasteiger partial charge in [0.2, 0.25) is 0 Å². The van der Waals surface area contributed by atoms with Crippen molar-refractivity contribution in [1.82, 2.24) is 4.90 Å². The van der Waals surface area contributed by atoms with Gasteiger partial charge in [0.1, 0.15) is 11.6 Å². The van der Waals surface area contributed by atoms with Gasteiger partial charge in [-0.2, -0.15) is 0 Å². The van der Waals surface area contributed by atoms with Gasteiger partial charge in [-0.15, -0.1) is 12.4 Å². The van der Waals surface area contributed by atoms with E-state index in [4.69, 9.17) is 4.74 Å². The van der Waals surface area contributed by atoms with Crippen LogP contribution in [-0.4, -0.2) is 50.5 Å². The molecule has 4 nitrogen and oxygen atoms in total. The molecule has 0 amide bonds. The van der Waals surface area contributed by atoms with Crippen molar-refractivity contribution >= 4 is 23.9 Å². The first-order chi connectivity index (χ1) is 12.2. The quantitative estimate of drug-likeness (QED) is 0.718. The first-order valence-corrected chi connectivity index (χ1v) is 8.56. The lowest BCUT2D eigenvalue weighted by Crippen LogP contribution is -2.47. The lowest BCUT2D eigenvalue weighted by Gasteiger charge is -2.36. The minimum absolute atomic E-state index is 0. The van der Waals surface area contributed by atoms with E-state index in [1.807, 2.05) is 12.1 Å². The van der Waals surface area contributed by atoms with Gasteiger partial charge in [0.15, 0.2) is 5.78 Å². The lowest BCUT2D eigenvalue weighted by molar-refractivity contribution is 0.0962. The summed E-state index contributed by atoms with van der Waals surface area (Å²) in [6.07, 6.45) is 0.492. The zero-order valence-corrected chi connectivity index (χ0v) is 15.7. The second-order valence-electron chi connectivity index (χ2n) is 6.18. The van der Waals surface area contributed by atoms with Crippen molar-refractivity contribution in [2.75, 3.05) is 44.7 Å². The molecule has 1 heterocycles. The molecule has 0 unspecified atom stereocenters. The first kappa shape index (κ1) is 20.2. The van der Waals surface area contributed by atoms with Gasteiger partial charge in [-0.05, 0) is 36.4 Å². The Morgan fingerprint density at radius 1 is 1.04 bits per heavy atom. The Morgan fingerprint density at radius 2 is 1.69 bits per heavy atom. The van der Waals surface area contributed by atoms with Gasteiger partial charge in [0.25, 0.3) is 0 Å². The number of halogens is 2. The molecular weight excluding hydrogens is 355 g/mol. The first-order valence-electron chi connectivity index (χ1n) is 8.56. The molecule has 0 aliphatic carbocycles. The van der Waals surface area contributed by atoms with Crippen molar-refractivity contribution in [2.45, 2.75) is 6.42 Å². The van der Waals surface area contributed by atoms with E-state index in [0.29, 0.717) is 17.7 Å². The fourth-order valence-corrected chi connectivity index (χ4v) is 3.10. The number of carbonyl (C=O) groups is 1. The van der Waals surface area contributed by atoms with Gasteiger partial charge in [-0.3, -0.25) is 9.69 Å². The van der Waals surface area contributed by atoms with Gasteiger partial charge >= 0.3 is 0 Å². The number of Topliss-reactive ketones (excluding diaryl/α,β-unsaturated/α-hetero) is 1. The normalized spacial score (nSPS) is 14.6. The minimum Gasteiger partial charge on any atom is -0.497 e. The fraction of sp³-hybridized carbons (Fsp3) is 0.350. The Balaban J connectivity index is 0.00000243. The number of ketones is 1. The molecule has 1 fully saturated rings. The molecule has 1 saturated heterocycles. The lowest BCUT2D eigenvalue weighted by atomic mass is 10.1. The van der Waals surface area contributed by atoms with Crippen molar-refractivity contribution in [1.29, 1.82) is 0 Å². The Labute approximate surface area is 160 Å². The average molecular weight is 379 g/mol. The standard InChI is InChI=1S/C20H23FN2O2.ClH/c1-25-17-8-6-16(7-9-17)20(24)10-11-22-12-14-23(15-13-22)19-5-3-2-4-18(19)21;/h2-9H,10-15H2,1H3;1H. The Kier molecular flexibility index (Phi) is 7.42. The summed E-state index contributed by atoms with van der Waals surface area (Å²) in [6.45, 7) is 3.96. The summed E-state index contributed by atoms with van der Waals surface area (Å²) in [6, 6.07) is 14.1. The van der Waals surface area contributed by atoms with E-state index in [1.165, 1.54) is 6.07 Å². The van der Waals surface area contributed by atoms with Gasteiger partial charge in [0, 0.05) is 44.7 Å².